The van der Waals surface area contributed by atoms with E-state index in [2.05, 4.69) is 35.4 Å². The fraction of sp³-hybridized carbons (Fsp3) is 0.706. The van der Waals surface area contributed by atoms with Gasteiger partial charge in [-0.1, -0.05) is 6.92 Å². The van der Waals surface area contributed by atoms with Crippen LogP contribution in [0.3, 0.4) is 0 Å². The van der Waals surface area contributed by atoms with Crippen molar-refractivity contribution in [2.24, 2.45) is 4.99 Å². The smallest absolute Gasteiger partial charge is 0.191 e. The predicted octanol–water partition coefficient (Wildman–Crippen LogP) is 2.69. The van der Waals surface area contributed by atoms with Crippen LogP contribution in [-0.2, 0) is 0 Å². The summed E-state index contributed by atoms with van der Waals surface area (Å²) in [5.41, 5.74) is 0. The quantitative estimate of drug-likeness (QED) is 0.601. The van der Waals surface area contributed by atoms with E-state index in [0.717, 1.165) is 56.6 Å². The maximum Gasteiger partial charge on any atom is 0.191 e. The zero-order valence-electron chi connectivity index (χ0n) is 14.2. The van der Waals surface area contributed by atoms with Crippen molar-refractivity contribution in [3.63, 3.8) is 0 Å². The largest absolute Gasteiger partial charge is 0.465 e. The van der Waals surface area contributed by atoms with Crippen LogP contribution in [0.15, 0.2) is 21.5 Å². The first-order valence-electron chi connectivity index (χ1n) is 8.57. The summed E-state index contributed by atoms with van der Waals surface area (Å²) < 4.78 is 5.88. The number of aryl methyl sites for hydroxylation is 1. The predicted molar refractivity (Wildman–Crippen MR) is 91.3 cm³/mol. The van der Waals surface area contributed by atoms with Gasteiger partial charge in [-0.3, -0.25) is 9.89 Å². The van der Waals surface area contributed by atoms with Gasteiger partial charge in [-0.25, -0.2) is 0 Å². The molecule has 0 aromatic carbocycles. The molecule has 2 rings (SSSR count). The van der Waals surface area contributed by atoms with E-state index in [-0.39, 0.29) is 6.04 Å². The van der Waals surface area contributed by atoms with Crippen molar-refractivity contribution in [2.75, 3.05) is 32.7 Å². The summed E-state index contributed by atoms with van der Waals surface area (Å²) in [4.78, 5) is 7.27. The van der Waals surface area contributed by atoms with Gasteiger partial charge < -0.3 is 15.1 Å². The number of hydrogen-bond donors (Lipinski definition) is 2. The minimum atomic E-state index is 0.244. The van der Waals surface area contributed by atoms with E-state index in [4.69, 9.17) is 9.41 Å². The van der Waals surface area contributed by atoms with Crippen LogP contribution in [0.5, 0.6) is 0 Å². The Balaban J connectivity index is 2.07. The molecule has 1 aliphatic rings. The SMILES string of the molecule is CCCNC(=NCC(c1ccc(C)o1)N1CCCC1)NCC. The molecule has 5 heteroatoms. The standard InChI is InChI=1S/C17H30N4O/c1-4-10-19-17(18-5-2)20-13-15(21-11-6-7-12-21)16-9-8-14(3)22-16/h8-9,15H,4-7,10-13H2,1-3H3,(H2,18,19,20). The average molecular weight is 306 g/mol. The van der Waals surface area contributed by atoms with Crippen molar-refractivity contribution in [3.8, 4) is 0 Å². The van der Waals surface area contributed by atoms with Gasteiger partial charge in [-0.15, -0.1) is 0 Å². The molecule has 1 aromatic rings. The Morgan fingerprint density at radius 2 is 2.05 bits per heavy atom. The van der Waals surface area contributed by atoms with E-state index in [1.165, 1.54) is 12.8 Å². The fourth-order valence-corrected chi connectivity index (χ4v) is 2.83. The number of hydrogen-bond acceptors (Lipinski definition) is 3. The van der Waals surface area contributed by atoms with Gasteiger partial charge in [-0.2, -0.15) is 0 Å². The third-order valence-electron chi connectivity index (χ3n) is 3.98. The maximum absolute atomic E-state index is 5.88. The van der Waals surface area contributed by atoms with E-state index in [1.807, 2.05) is 13.0 Å². The van der Waals surface area contributed by atoms with Gasteiger partial charge in [0.2, 0.25) is 0 Å². The highest BCUT2D eigenvalue weighted by molar-refractivity contribution is 5.79. The van der Waals surface area contributed by atoms with Crippen LogP contribution in [0.4, 0.5) is 0 Å². The van der Waals surface area contributed by atoms with E-state index in [0.29, 0.717) is 0 Å². The van der Waals surface area contributed by atoms with Crippen molar-refractivity contribution >= 4 is 5.96 Å². The zero-order valence-corrected chi connectivity index (χ0v) is 14.2. The Bertz CT molecular complexity index is 463. The molecule has 1 saturated heterocycles. The molecule has 1 aromatic heterocycles. The normalized spacial score (nSPS) is 17.7. The topological polar surface area (TPSA) is 52.8 Å². The summed E-state index contributed by atoms with van der Waals surface area (Å²) in [6, 6.07) is 4.39. The second-order valence-corrected chi connectivity index (χ2v) is 5.85. The molecule has 2 heterocycles. The summed E-state index contributed by atoms with van der Waals surface area (Å²) in [6.07, 6.45) is 3.64. The number of guanidine groups is 1. The molecule has 0 amide bonds. The van der Waals surface area contributed by atoms with E-state index in [1.54, 1.807) is 0 Å². The van der Waals surface area contributed by atoms with Crippen LogP contribution in [0.25, 0.3) is 0 Å². The average Bonchev–Trinajstić information content (AvgIpc) is 3.17. The lowest BCUT2D eigenvalue weighted by Gasteiger charge is -2.24. The molecule has 0 spiro atoms. The van der Waals surface area contributed by atoms with Gasteiger partial charge in [0.25, 0.3) is 0 Å². The first-order valence-corrected chi connectivity index (χ1v) is 8.57. The Morgan fingerprint density at radius 1 is 1.27 bits per heavy atom. The lowest BCUT2D eigenvalue weighted by Crippen LogP contribution is -2.38. The number of nitrogens with zero attached hydrogens (tertiary/aromatic N) is 2. The Morgan fingerprint density at radius 3 is 2.64 bits per heavy atom. The maximum atomic E-state index is 5.88. The molecule has 1 atom stereocenters. The third kappa shape index (κ3) is 4.77. The van der Waals surface area contributed by atoms with Gasteiger partial charge >= 0.3 is 0 Å². The highest BCUT2D eigenvalue weighted by Gasteiger charge is 2.25. The van der Waals surface area contributed by atoms with Gasteiger partial charge in [0.15, 0.2) is 5.96 Å². The van der Waals surface area contributed by atoms with Crippen LogP contribution in [0.2, 0.25) is 0 Å². The van der Waals surface area contributed by atoms with Crippen molar-refractivity contribution in [1.82, 2.24) is 15.5 Å². The minimum absolute atomic E-state index is 0.244. The van der Waals surface area contributed by atoms with Gasteiger partial charge in [0, 0.05) is 13.1 Å². The van der Waals surface area contributed by atoms with Crippen molar-refractivity contribution in [1.29, 1.82) is 0 Å². The van der Waals surface area contributed by atoms with E-state index < -0.39 is 0 Å². The highest BCUT2D eigenvalue weighted by Crippen LogP contribution is 2.26. The lowest BCUT2D eigenvalue weighted by atomic mass is 10.2. The van der Waals surface area contributed by atoms with E-state index >= 15 is 0 Å². The number of furan rings is 1. The van der Waals surface area contributed by atoms with E-state index in [9.17, 15) is 0 Å². The summed E-state index contributed by atoms with van der Waals surface area (Å²) >= 11 is 0. The Labute approximate surface area is 134 Å². The van der Waals surface area contributed by atoms with Crippen LogP contribution in [0.1, 0.15) is 50.7 Å². The van der Waals surface area contributed by atoms with Crippen molar-refractivity contribution in [2.45, 2.75) is 46.1 Å². The van der Waals surface area contributed by atoms with Gasteiger partial charge in [0.1, 0.15) is 11.5 Å². The zero-order chi connectivity index (χ0) is 15.8. The molecule has 5 nitrogen and oxygen atoms in total. The number of likely N-dealkylation sites (tertiary alicyclic amines) is 1. The summed E-state index contributed by atoms with van der Waals surface area (Å²) in [5, 5.41) is 6.67. The number of rotatable bonds is 7. The first-order chi connectivity index (χ1) is 10.7. The fourth-order valence-electron chi connectivity index (χ4n) is 2.83. The molecule has 0 saturated carbocycles. The second-order valence-electron chi connectivity index (χ2n) is 5.85. The molecular weight excluding hydrogens is 276 g/mol. The summed E-state index contributed by atoms with van der Waals surface area (Å²) in [7, 11) is 0. The molecular formula is C17H30N4O. The molecule has 0 radical (unpaired) electrons. The van der Waals surface area contributed by atoms with Gasteiger partial charge in [-0.05, 0) is 58.3 Å². The molecule has 1 aliphatic heterocycles. The molecule has 2 N–H and O–H groups in total. The Hall–Kier alpha value is -1.49. The van der Waals surface area contributed by atoms with Gasteiger partial charge in [0.05, 0.1) is 12.6 Å². The van der Waals surface area contributed by atoms with Crippen molar-refractivity contribution in [3.05, 3.63) is 23.7 Å². The third-order valence-corrected chi connectivity index (χ3v) is 3.98. The molecule has 0 bridgehead atoms. The monoisotopic (exact) mass is 306 g/mol. The number of aliphatic imine (C=N–C) groups is 1. The minimum Gasteiger partial charge on any atom is -0.465 e. The lowest BCUT2D eigenvalue weighted by molar-refractivity contribution is 0.219. The van der Waals surface area contributed by atoms with Crippen LogP contribution in [0, 0.1) is 6.92 Å². The van der Waals surface area contributed by atoms with Crippen LogP contribution in [-0.4, -0.2) is 43.6 Å². The van der Waals surface area contributed by atoms with Crippen molar-refractivity contribution < 1.29 is 4.42 Å². The highest BCUT2D eigenvalue weighted by atomic mass is 16.3. The van der Waals surface area contributed by atoms with Crippen LogP contribution >= 0.6 is 0 Å². The first kappa shape index (κ1) is 16.9. The summed E-state index contributed by atoms with van der Waals surface area (Å²) in [5.74, 6) is 2.91. The molecule has 124 valence electrons. The summed E-state index contributed by atoms with van der Waals surface area (Å²) in [6.45, 7) is 11.1. The molecule has 1 fully saturated rings. The second kappa shape index (κ2) is 8.83. The Kier molecular flexibility index (Phi) is 6.77. The molecule has 22 heavy (non-hydrogen) atoms. The number of nitrogens with one attached hydrogen (secondary N) is 2. The van der Waals surface area contributed by atoms with Crippen LogP contribution < -0.4 is 10.6 Å². The molecule has 0 aliphatic carbocycles. The molecule has 1 unspecified atom stereocenters.